The van der Waals surface area contributed by atoms with E-state index >= 15 is 4.39 Å². The number of aromatic nitrogens is 1. The molecular formula is C21H24FN3O4. The highest BCUT2D eigenvalue weighted by atomic mass is 19.1. The van der Waals surface area contributed by atoms with Gasteiger partial charge >= 0.3 is 5.97 Å². The Kier molecular flexibility index (Phi) is 2.42. The van der Waals surface area contributed by atoms with Crippen LogP contribution in [0, 0.1) is 11.7 Å². The molecule has 2 N–H and O–H groups in total. The molecule has 2 aromatic rings. The maximum Gasteiger partial charge on any atom is 0.341 e. The van der Waals surface area contributed by atoms with E-state index in [1.807, 2.05) is 0 Å². The van der Waals surface area contributed by atoms with Crippen LogP contribution in [-0.2, 0) is 0 Å². The molecule has 0 radical (unpaired) electrons. The number of carboxylic acid groups (broad SMARTS) is 1. The van der Waals surface area contributed by atoms with E-state index in [0.717, 1.165) is 13.3 Å². The van der Waals surface area contributed by atoms with Crippen molar-refractivity contribution in [2.24, 2.45) is 5.92 Å². The molecule has 1 saturated carbocycles. The molecule has 1 aromatic carbocycles. The van der Waals surface area contributed by atoms with Crippen molar-refractivity contribution in [2.75, 3.05) is 31.5 Å². The Balaban J connectivity index is 1.84. The summed E-state index contributed by atoms with van der Waals surface area (Å²) in [5.74, 6) is -5.62. The fourth-order valence-corrected chi connectivity index (χ4v) is 3.69. The predicted octanol–water partition coefficient (Wildman–Crippen LogP) is 2.37. The molecule has 1 aromatic heterocycles. The molecule has 3 heterocycles. The molecular weight excluding hydrogens is 377 g/mol. The van der Waals surface area contributed by atoms with Gasteiger partial charge in [-0.2, -0.15) is 0 Å². The molecule has 3 aliphatic rings. The zero-order valence-corrected chi connectivity index (χ0v) is 15.2. The molecule has 0 amide bonds. The van der Waals surface area contributed by atoms with Crippen LogP contribution in [0.3, 0.4) is 0 Å². The summed E-state index contributed by atoms with van der Waals surface area (Å²) in [5.41, 5.74) is -2.64. The monoisotopic (exact) mass is 411 g/mol. The first-order valence-electron chi connectivity index (χ1n) is 14.0. The van der Waals surface area contributed by atoms with Crippen LogP contribution in [0.2, 0.25) is 0 Å². The standard InChI is InChI=1S/C21H24FN3O4/c1-29-20-17-13(19(26)14(21(27)28)9-25(17)12-4-5-12)7-15(22)18(20)24-8-11-3-2-6-23-16(11)10-24/h7,9,11-12,16,23H,2-6,8,10H2,1H3,(H,27,28)/i2D2,3D2,6D2,8D2,10D2. The van der Waals surface area contributed by atoms with Gasteiger partial charge in [0.1, 0.15) is 11.3 Å². The lowest BCUT2D eigenvalue weighted by Gasteiger charge is -2.25. The summed E-state index contributed by atoms with van der Waals surface area (Å²) in [5, 5.41) is 11.2. The largest absolute Gasteiger partial charge is 0.492 e. The normalized spacial score (nSPS) is 37.8. The van der Waals surface area contributed by atoms with Gasteiger partial charge in [-0.25, -0.2) is 9.18 Å². The van der Waals surface area contributed by atoms with E-state index in [-0.39, 0.29) is 16.5 Å². The smallest absolute Gasteiger partial charge is 0.341 e. The van der Waals surface area contributed by atoms with Crippen molar-refractivity contribution in [1.82, 2.24) is 9.88 Å². The third kappa shape index (κ3) is 2.88. The Bertz CT molecular complexity index is 1480. The van der Waals surface area contributed by atoms with Crippen molar-refractivity contribution in [3.05, 3.63) is 33.9 Å². The van der Waals surface area contributed by atoms with Crippen molar-refractivity contribution in [3.63, 3.8) is 0 Å². The van der Waals surface area contributed by atoms with Crippen LogP contribution in [0.5, 0.6) is 5.75 Å². The topological polar surface area (TPSA) is 83.8 Å². The Hall–Kier alpha value is -2.61. The van der Waals surface area contributed by atoms with Gasteiger partial charge in [0.05, 0.1) is 20.8 Å². The Morgan fingerprint density at radius 1 is 1.41 bits per heavy atom. The number of ether oxygens (including phenoxy) is 1. The maximum absolute atomic E-state index is 15.9. The van der Waals surface area contributed by atoms with Crippen LogP contribution < -0.4 is 20.4 Å². The van der Waals surface area contributed by atoms with Gasteiger partial charge in [0.25, 0.3) is 0 Å². The van der Waals surface area contributed by atoms with E-state index in [1.54, 1.807) is 0 Å². The van der Waals surface area contributed by atoms with Gasteiger partial charge in [0, 0.05) is 42.2 Å². The van der Waals surface area contributed by atoms with Gasteiger partial charge in [0.15, 0.2) is 11.6 Å². The summed E-state index contributed by atoms with van der Waals surface area (Å²) in [6.45, 7) is -9.36. The number of carbonyl (C=O) groups is 1. The number of methoxy groups -OCH3 is 1. The molecule has 2 aliphatic heterocycles. The second kappa shape index (κ2) is 6.73. The lowest BCUT2D eigenvalue weighted by molar-refractivity contribution is 0.0695. The lowest BCUT2D eigenvalue weighted by atomic mass is 9.94. The summed E-state index contributed by atoms with van der Waals surface area (Å²) in [6, 6.07) is -1.65. The minimum atomic E-state index is -3.33. The minimum Gasteiger partial charge on any atom is -0.492 e. The van der Waals surface area contributed by atoms with Crippen molar-refractivity contribution >= 4 is 22.6 Å². The van der Waals surface area contributed by atoms with Crippen molar-refractivity contribution in [2.45, 2.75) is 37.7 Å². The van der Waals surface area contributed by atoms with Gasteiger partial charge in [-0.3, -0.25) is 4.79 Å². The number of halogens is 1. The van der Waals surface area contributed by atoms with Gasteiger partial charge in [-0.15, -0.1) is 0 Å². The molecule has 0 spiro atoms. The quantitative estimate of drug-likeness (QED) is 0.804. The molecule has 5 rings (SSSR count). The molecule has 3 fully saturated rings. The third-order valence-electron chi connectivity index (χ3n) is 5.18. The van der Waals surface area contributed by atoms with Crippen molar-refractivity contribution in [1.29, 1.82) is 0 Å². The van der Waals surface area contributed by atoms with Gasteiger partial charge in [0.2, 0.25) is 5.43 Å². The van der Waals surface area contributed by atoms with Crippen LogP contribution in [0.4, 0.5) is 10.1 Å². The third-order valence-corrected chi connectivity index (χ3v) is 5.18. The minimum absolute atomic E-state index is 0.116. The van der Waals surface area contributed by atoms with E-state index in [2.05, 4.69) is 5.32 Å². The molecule has 2 unspecified atom stereocenters. The first-order chi connectivity index (χ1) is 17.7. The predicted molar refractivity (Wildman–Crippen MR) is 107 cm³/mol. The van der Waals surface area contributed by atoms with Crippen LogP contribution in [0.25, 0.3) is 10.9 Å². The first-order valence-corrected chi connectivity index (χ1v) is 9.01. The number of rotatable bonds is 4. The van der Waals surface area contributed by atoms with E-state index in [4.69, 9.17) is 18.4 Å². The Labute approximate surface area is 181 Å². The van der Waals surface area contributed by atoms with Crippen LogP contribution in [-0.4, -0.2) is 48.3 Å². The Morgan fingerprint density at radius 3 is 2.90 bits per heavy atom. The van der Waals surface area contributed by atoms with Gasteiger partial charge < -0.3 is 24.6 Å². The lowest BCUT2D eigenvalue weighted by Crippen LogP contribution is -2.40. The Morgan fingerprint density at radius 2 is 2.21 bits per heavy atom. The van der Waals surface area contributed by atoms with Gasteiger partial charge in [-0.05, 0) is 44.1 Å². The van der Waals surface area contributed by atoms with E-state index < -0.39 is 83.8 Å². The molecule has 29 heavy (non-hydrogen) atoms. The number of nitrogens with one attached hydrogen (secondary N) is 1. The zero-order chi connectivity index (χ0) is 29.2. The number of hydrogen-bond donors (Lipinski definition) is 2. The van der Waals surface area contributed by atoms with Crippen LogP contribution in [0.1, 0.15) is 55.7 Å². The number of hydrogen-bond acceptors (Lipinski definition) is 5. The average molecular weight is 411 g/mol. The number of aromatic carboxylic acids is 1. The number of benzene rings is 1. The molecule has 2 saturated heterocycles. The molecule has 0 bridgehead atoms. The fourth-order valence-electron chi connectivity index (χ4n) is 3.69. The van der Waals surface area contributed by atoms with Crippen LogP contribution >= 0.6 is 0 Å². The SMILES string of the molecule is [2H]C1([2H])C2NC([2H])([2H])C([2H])([2H])C([2H])([2H])C2C([2H])([2H])N1c1c(F)cc2c(=O)c(C(=O)O)cn(C3CC3)c2c1OC. The average Bonchev–Trinajstić information content (AvgIpc) is 3.61. The van der Waals surface area contributed by atoms with E-state index in [0.29, 0.717) is 18.9 Å². The summed E-state index contributed by atoms with van der Waals surface area (Å²) < 4.78 is 107. The van der Waals surface area contributed by atoms with Crippen LogP contribution in [0.15, 0.2) is 17.1 Å². The summed E-state index contributed by atoms with van der Waals surface area (Å²) in [7, 11) is 1.06. The molecule has 154 valence electrons. The second-order valence-corrected chi connectivity index (χ2v) is 7.04. The van der Waals surface area contributed by atoms with E-state index in [9.17, 15) is 14.7 Å². The molecule has 2 atom stereocenters. The molecule has 1 aliphatic carbocycles. The number of piperidine rings is 1. The van der Waals surface area contributed by atoms with E-state index in [1.165, 1.54) is 4.57 Å². The maximum atomic E-state index is 15.9. The summed E-state index contributed by atoms with van der Waals surface area (Å²) in [6.07, 6.45) is -4.39. The fraction of sp³-hybridized carbons (Fsp3) is 0.524. The first kappa shape index (κ1) is 10.4. The zero-order valence-electron chi connectivity index (χ0n) is 25.2. The second-order valence-electron chi connectivity index (χ2n) is 7.04. The number of anilines is 1. The number of nitrogens with zero attached hydrogens (tertiary/aromatic N) is 2. The summed E-state index contributed by atoms with van der Waals surface area (Å²) >= 11 is 0. The highest BCUT2D eigenvalue weighted by Crippen LogP contribution is 2.45. The number of carboxylic acids is 1. The van der Waals surface area contributed by atoms with Gasteiger partial charge in [-0.1, -0.05) is 0 Å². The highest BCUT2D eigenvalue weighted by molar-refractivity contribution is 5.97. The van der Waals surface area contributed by atoms with Crippen molar-refractivity contribution < 1.29 is 32.7 Å². The number of fused-ring (bicyclic) bond motifs is 2. The van der Waals surface area contributed by atoms with Crippen molar-refractivity contribution in [3.8, 4) is 5.75 Å². The molecule has 8 heteroatoms. The molecule has 7 nitrogen and oxygen atoms in total. The highest BCUT2D eigenvalue weighted by Gasteiger charge is 2.38. The summed E-state index contributed by atoms with van der Waals surface area (Å²) in [4.78, 5) is 25.0. The number of pyridine rings is 1.